The number of carbonyl (C=O) groups is 1. The molecular formula is C24H44O3Si. The highest BCUT2D eigenvalue weighted by molar-refractivity contribution is 6.74. The van der Waals surface area contributed by atoms with Crippen LogP contribution in [0.25, 0.3) is 0 Å². The number of carboxylic acids is 1. The summed E-state index contributed by atoms with van der Waals surface area (Å²) in [5.74, 6) is -0.680. The second-order valence-electron chi connectivity index (χ2n) is 9.13. The fourth-order valence-electron chi connectivity index (χ4n) is 2.58. The van der Waals surface area contributed by atoms with Crippen molar-refractivity contribution in [2.75, 3.05) is 0 Å². The van der Waals surface area contributed by atoms with Crippen LogP contribution in [0.1, 0.15) is 85.5 Å². The van der Waals surface area contributed by atoms with Gasteiger partial charge in [0.2, 0.25) is 0 Å². The van der Waals surface area contributed by atoms with Gasteiger partial charge in [0.1, 0.15) is 0 Å². The number of unbranched alkanes of at least 4 members (excludes halogenated alkanes) is 5. The first-order valence-corrected chi connectivity index (χ1v) is 13.8. The van der Waals surface area contributed by atoms with Crippen molar-refractivity contribution in [3.63, 3.8) is 0 Å². The zero-order valence-corrected chi connectivity index (χ0v) is 20.2. The lowest BCUT2D eigenvalue weighted by Gasteiger charge is -2.37. The Hall–Kier alpha value is -1.13. The lowest BCUT2D eigenvalue weighted by molar-refractivity contribution is -0.137. The average molecular weight is 409 g/mol. The molecule has 1 atom stereocenters. The summed E-state index contributed by atoms with van der Waals surface area (Å²) >= 11 is 0. The molecule has 162 valence electrons. The first-order valence-electron chi connectivity index (χ1n) is 10.9. The molecule has 0 aliphatic rings. The SMILES string of the molecule is C[C@H](/C=C\C/C=C\C/C=C\CCCCCCCC(=O)O)O[Si](C)(C)C(C)(C)C. The van der Waals surface area contributed by atoms with Crippen molar-refractivity contribution in [1.82, 2.24) is 0 Å². The van der Waals surface area contributed by atoms with Gasteiger partial charge in [-0.3, -0.25) is 4.79 Å². The summed E-state index contributed by atoms with van der Waals surface area (Å²) in [5, 5.41) is 8.83. The van der Waals surface area contributed by atoms with Crippen LogP contribution >= 0.6 is 0 Å². The summed E-state index contributed by atoms with van der Waals surface area (Å²) in [6.07, 6.45) is 22.2. The largest absolute Gasteiger partial charge is 0.481 e. The summed E-state index contributed by atoms with van der Waals surface area (Å²) in [5.41, 5.74) is 0. The molecule has 0 bridgehead atoms. The molecule has 1 N–H and O–H groups in total. The van der Waals surface area contributed by atoms with Crippen molar-refractivity contribution in [3.8, 4) is 0 Å². The van der Waals surface area contributed by atoms with E-state index in [4.69, 9.17) is 9.53 Å². The number of allylic oxidation sites excluding steroid dienone is 5. The Labute approximate surface area is 175 Å². The predicted molar refractivity (Wildman–Crippen MR) is 124 cm³/mol. The molecule has 0 fully saturated rings. The van der Waals surface area contributed by atoms with Crippen LogP contribution in [0.3, 0.4) is 0 Å². The van der Waals surface area contributed by atoms with E-state index in [1.807, 2.05) is 0 Å². The smallest absolute Gasteiger partial charge is 0.303 e. The first-order chi connectivity index (χ1) is 13.1. The molecule has 0 saturated heterocycles. The van der Waals surface area contributed by atoms with E-state index in [0.717, 1.165) is 38.5 Å². The highest BCUT2D eigenvalue weighted by Crippen LogP contribution is 2.37. The topological polar surface area (TPSA) is 46.5 Å². The maximum atomic E-state index is 10.4. The fraction of sp³-hybridized carbons (Fsp3) is 0.708. The lowest BCUT2D eigenvalue weighted by atomic mass is 10.1. The molecule has 4 heteroatoms. The Morgan fingerprint density at radius 1 is 0.929 bits per heavy atom. The second kappa shape index (κ2) is 14.8. The van der Waals surface area contributed by atoms with E-state index in [1.54, 1.807) is 0 Å². The zero-order chi connectivity index (χ0) is 21.5. The van der Waals surface area contributed by atoms with Gasteiger partial charge in [-0.25, -0.2) is 0 Å². The van der Waals surface area contributed by atoms with Gasteiger partial charge in [-0.1, -0.05) is 76.5 Å². The van der Waals surface area contributed by atoms with Crippen molar-refractivity contribution in [3.05, 3.63) is 36.5 Å². The minimum absolute atomic E-state index is 0.179. The molecule has 28 heavy (non-hydrogen) atoms. The van der Waals surface area contributed by atoms with Gasteiger partial charge in [0, 0.05) is 6.42 Å². The molecule has 0 aromatic carbocycles. The minimum Gasteiger partial charge on any atom is -0.481 e. The molecule has 0 unspecified atom stereocenters. The highest BCUT2D eigenvalue weighted by atomic mass is 28.4. The third-order valence-corrected chi connectivity index (χ3v) is 9.91. The summed E-state index contributed by atoms with van der Waals surface area (Å²) in [4.78, 5) is 10.4. The molecular weight excluding hydrogens is 364 g/mol. The van der Waals surface area contributed by atoms with Gasteiger partial charge < -0.3 is 9.53 Å². The fourth-order valence-corrected chi connectivity index (χ4v) is 3.94. The van der Waals surface area contributed by atoms with E-state index >= 15 is 0 Å². The van der Waals surface area contributed by atoms with E-state index in [0.29, 0.717) is 6.42 Å². The van der Waals surface area contributed by atoms with Crippen LogP contribution in [0.15, 0.2) is 36.5 Å². The molecule has 0 aromatic rings. The number of rotatable bonds is 15. The standard InChI is InChI=1S/C24H44O3Si/c1-22(27-28(5,6)24(2,3)4)20-18-16-14-12-10-8-7-9-11-13-15-17-19-21-23(25)26/h7-8,12,14,18,20,22H,9-11,13,15-17,19,21H2,1-6H3,(H,25,26)/b8-7-,14-12-,20-18-/t22-/m1/s1. The van der Waals surface area contributed by atoms with E-state index in [-0.39, 0.29) is 11.1 Å². The Kier molecular flexibility index (Phi) is 14.2. The molecule has 0 rings (SSSR count). The molecule has 0 spiro atoms. The summed E-state index contributed by atoms with van der Waals surface area (Å²) in [6, 6.07) is 0. The molecule has 0 aromatic heterocycles. The minimum atomic E-state index is -1.68. The van der Waals surface area contributed by atoms with E-state index in [9.17, 15) is 4.79 Å². The van der Waals surface area contributed by atoms with Crippen LogP contribution in [-0.4, -0.2) is 25.5 Å². The maximum absolute atomic E-state index is 10.4. The Balaban J connectivity index is 3.72. The molecule has 0 amide bonds. The molecule has 0 heterocycles. The first kappa shape index (κ1) is 26.9. The summed E-state index contributed by atoms with van der Waals surface area (Å²) in [7, 11) is -1.68. The second-order valence-corrected chi connectivity index (χ2v) is 13.9. The Bertz CT molecular complexity index is 498. The van der Waals surface area contributed by atoms with Crippen molar-refractivity contribution >= 4 is 14.3 Å². The molecule has 0 aliphatic heterocycles. The van der Waals surface area contributed by atoms with E-state index in [2.05, 4.69) is 77.2 Å². The average Bonchev–Trinajstić information content (AvgIpc) is 2.56. The third-order valence-electron chi connectivity index (χ3n) is 5.33. The van der Waals surface area contributed by atoms with Gasteiger partial charge in [-0.2, -0.15) is 0 Å². The van der Waals surface area contributed by atoms with E-state index in [1.165, 1.54) is 12.8 Å². The van der Waals surface area contributed by atoms with Crippen LogP contribution < -0.4 is 0 Å². The number of hydrogen-bond acceptors (Lipinski definition) is 2. The Morgan fingerprint density at radius 3 is 2.07 bits per heavy atom. The normalized spacial score (nSPS) is 14.5. The Morgan fingerprint density at radius 2 is 1.46 bits per heavy atom. The third kappa shape index (κ3) is 14.9. The highest BCUT2D eigenvalue weighted by Gasteiger charge is 2.37. The van der Waals surface area contributed by atoms with Crippen LogP contribution in [0.2, 0.25) is 18.1 Å². The van der Waals surface area contributed by atoms with Gasteiger partial charge in [0.25, 0.3) is 0 Å². The van der Waals surface area contributed by atoms with Gasteiger partial charge in [0.15, 0.2) is 8.32 Å². The summed E-state index contributed by atoms with van der Waals surface area (Å²) in [6.45, 7) is 13.5. The van der Waals surface area contributed by atoms with Crippen LogP contribution in [-0.2, 0) is 9.22 Å². The summed E-state index contributed by atoms with van der Waals surface area (Å²) < 4.78 is 6.32. The van der Waals surface area contributed by atoms with Gasteiger partial charge >= 0.3 is 5.97 Å². The predicted octanol–water partition coefficient (Wildman–Crippen LogP) is 7.66. The van der Waals surface area contributed by atoms with Crippen LogP contribution in [0.4, 0.5) is 0 Å². The number of carboxylic acid groups (broad SMARTS) is 1. The maximum Gasteiger partial charge on any atom is 0.303 e. The molecule has 3 nitrogen and oxygen atoms in total. The van der Waals surface area contributed by atoms with Gasteiger partial charge in [0.05, 0.1) is 6.10 Å². The van der Waals surface area contributed by atoms with Crippen molar-refractivity contribution < 1.29 is 14.3 Å². The van der Waals surface area contributed by atoms with Gasteiger partial charge in [-0.05, 0) is 57.2 Å². The quantitative estimate of drug-likeness (QED) is 0.172. The monoisotopic (exact) mass is 408 g/mol. The van der Waals surface area contributed by atoms with Crippen LogP contribution in [0.5, 0.6) is 0 Å². The number of aliphatic carboxylic acids is 1. The van der Waals surface area contributed by atoms with Crippen molar-refractivity contribution in [2.45, 2.75) is 110 Å². The van der Waals surface area contributed by atoms with Crippen LogP contribution in [0, 0.1) is 0 Å². The zero-order valence-electron chi connectivity index (χ0n) is 19.2. The molecule has 0 radical (unpaired) electrons. The lowest BCUT2D eigenvalue weighted by Crippen LogP contribution is -2.42. The van der Waals surface area contributed by atoms with Gasteiger partial charge in [-0.15, -0.1) is 0 Å². The molecule has 0 aliphatic carbocycles. The van der Waals surface area contributed by atoms with Crippen molar-refractivity contribution in [2.24, 2.45) is 0 Å². The van der Waals surface area contributed by atoms with Crippen molar-refractivity contribution in [1.29, 1.82) is 0 Å². The number of hydrogen-bond donors (Lipinski definition) is 1. The molecule has 0 saturated carbocycles. The van der Waals surface area contributed by atoms with E-state index < -0.39 is 14.3 Å².